The van der Waals surface area contributed by atoms with Crippen molar-refractivity contribution < 1.29 is 9.32 Å². The number of hydrogen-bond acceptors (Lipinski definition) is 5. The lowest BCUT2D eigenvalue weighted by molar-refractivity contribution is 0.0900. The van der Waals surface area contributed by atoms with Crippen molar-refractivity contribution in [3.63, 3.8) is 0 Å². The maximum Gasteiger partial charge on any atom is 0.253 e. The van der Waals surface area contributed by atoms with Gasteiger partial charge in [0.1, 0.15) is 5.76 Å². The van der Waals surface area contributed by atoms with Crippen LogP contribution in [0.2, 0.25) is 0 Å². The van der Waals surface area contributed by atoms with Crippen LogP contribution >= 0.6 is 0 Å². The zero-order chi connectivity index (χ0) is 17.1. The summed E-state index contributed by atoms with van der Waals surface area (Å²) >= 11 is 0. The van der Waals surface area contributed by atoms with E-state index in [4.69, 9.17) is 4.52 Å². The Morgan fingerprint density at radius 2 is 2.21 bits per heavy atom. The summed E-state index contributed by atoms with van der Waals surface area (Å²) in [6.45, 7) is 8.52. The topological polar surface area (TPSA) is 71.3 Å². The second kappa shape index (κ2) is 7.13. The number of nitrogens with one attached hydrogen (secondary N) is 1. The number of likely N-dealkylation sites (tertiary alicyclic amines) is 1. The summed E-state index contributed by atoms with van der Waals surface area (Å²) < 4.78 is 5.24. The Kier molecular flexibility index (Phi) is 4.94. The van der Waals surface area contributed by atoms with E-state index in [-0.39, 0.29) is 11.9 Å². The second-order valence-electron chi connectivity index (χ2n) is 6.54. The van der Waals surface area contributed by atoms with Crippen molar-refractivity contribution in [3.05, 3.63) is 46.6 Å². The zero-order valence-corrected chi connectivity index (χ0v) is 14.5. The molecule has 0 spiro atoms. The van der Waals surface area contributed by atoms with Crippen LogP contribution in [0.15, 0.2) is 22.9 Å². The molecule has 6 nitrogen and oxygen atoms in total. The molecule has 6 heteroatoms. The van der Waals surface area contributed by atoms with E-state index in [0.717, 1.165) is 55.2 Å². The van der Waals surface area contributed by atoms with Crippen LogP contribution in [0.5, 0.6) is 0 Å². The highest BCUT2D eigenvalue weighted by Crippen LogP contribution is 2.18. The van der Waals surface area contributed by atoms with Crippen molar-refractivity contribution in [1.82, 2.24) is 20.4 Å². The van der Waals surface area contributed by atoms with Crippen LogP contribution in [0.4, 0.5) is 0 Å². The Labute approximate surface area is 142 Å². The summed E-state index contributed by atoms with van der Waals surface area (Å²) in [5.74, 6) is 0.830. The molecule has 2 aromatic heterocycles. The van der Waals surface area contributed by atoms with E-state index < -0.39 is 0 Å². The molecule has 0 radical (unpaired) electrons. The minimum atomic E-state index is -0.0494. The highest BCUT2D eigenvalue weighted by molar-refractivity contribution is 5.94. The molecule has 0 saturated carbocycles. The lowest BCUT2D eigenvalue weighted by Gasteiger charge is -2.33. The van der Waals surface area contributed by atoms with Gasteiger partial charge in [-0.25, -0.2) is 0 Å². The maximum absolute atomic E-state index is 12.4. The number of rotatable bonds is 4. The van der Waals surface area contributed by atoms with E-state index in [1.165, 1.54) is 0 Å². The predicted molar refractivity (Wildman–Crippen MR) is 90.7 cm³/mol. The number of aryl methyl sites for hydroxylation is 3. The van der Waals surface area contributed by atoms with Crippen molar-refractivity contribution in [2.75, 3.05) is 13.1 Å². The van der Waals surface area contributed by atoms with Crippen LogP contribution in [0.25, 0.3) is 0 Å². The normalized spacial score (nSPS) is 18.5. The van der Waals surface area contributed by atoms with Gasteiger partial charge in [0.2, 0.25) is 0 Å². The fourth-order valence-electron chi connectivity index (χ4n) is 3.14. The SMILES string of the molecule is Cc1ccc(C(=O)N[C@H]2CCCN(Cc3c(C)noc3C)C2)cn1. The number of hydrogen-bond donors (Lipinski definition) is 1. The number of carbonyl (C=O) groups excluding carboxylic acids is 1. The van der Waals surface area contributed by atoms with Crippen LogP contribution in [0, 0.1) is 20.8 Å². The molecule has 3 heterocycles. The standard InChI is InChI=1S/C18H24N4O2/c1-12-6-7-15(9-19-12)18(23)20-16-5-4-8-22(10-16)11-17-13(2)21-24-14(17)3/h6-7,9,16H,4-5,8,10-11H2,1-3H3,(H,20,23)/t16-/m0/s1. The lowest BCUT2D eigenvalue weighted by Crippen LogP contribution is -2.47. The minimum Gasteiger partial charge on any atom is -0.361 e. The first-order valence-electron chi connectivity index (χ1n) is 8.40. The van der Waals surface area contributed by atoms with Crippen molar-refractivity contribution in [2.45, 2.75) is 46.2 Å². The van der Waals surface area contributed by atoms with Gasteiger partial charge in [-0.3, -0.25) is 14.7 Å². The summed E-state index contributed by atoms with van der Waals surface area (Å²) in [7, 11) is 0. The molecule has 0 unspecified atom stereocenters. The van der Waals surface area contributed by atoms with Gasteiger partial charge < -0.3 is 9.84 Å². The molecule has 1 aliphatic heterocycles. The summed E-state index contributed by atoms with van der Waals surface area (Å²) in [5.41, 5.74) is 3.63. The van der Waals surface area contributed by atoms with Gasteiger partial charge in [-0.15, -0.1) is 0 Å². The van der Waals surface area contributed by atoms with Gasteiger partial charge in [0.25, 0.3) is 5.91 Å². The van der Waals surface area contributed by atoms with Gasteiger partial charge in [0, 0.05) is 36.6 Å². The van der Waals surface area contributed by atoms with Crippen molar-refractivity contribution >= 4 is 5.91 Å². The largest absolute Gasteiger partial charge is 0.361 e. The third-order valence-corrected chi connectivity index (χ3v) is 4.58. The van der Waals surface area contributed by atoms with E-state index in [1.807, 2.05) is 32.9 Å². The van der Waals surface area contributed by atoms with Crippen LogP contribution < -0.4 is 5.32 Å². The molecular formula is C18H24N4O2. The Morgan fingerprint density at radius 1 is 1.38 bits per heavy atom. The van der Waals surface area contributed by atoms with E-state index in [9.17, 15) is 4.79 Å². The summed E-state index contributed by atoms with van der Waals surface area (Å²) in [5, 5.41) is 7.15. The van der Waals surface area contributed by atoms with Gasteiger partial charge in [0.15, 0.2) is 0 Å². The van der Waals surface area contributed by atoms with Crippen molar-refractivity contribution in [1.29, 1.82) is 0 Å². The molecule has 1 N–H and O–H groups in total. The molecule has 1 amide bonds. The average molecular weight is 328 g/mol. The van der Waals surface area contributed by atoms with Crippen LogP contribution in [-0.4, -0.2) is 40.1 Å². The number of carbonyl (C=O) groups is 1. The molecule has 0 aromatic carbocycles. The highest BCUT2D eigenvalue weighted by atomic mass is 16.5. The molecule has 1 aliphatic rings. The molecule has 0 bridgehead atoms. The first kappa shape index (κ1) is 16.6. The molecule has 128 valence electrons. The first-order valence-corrected chi connectivity index (χ1v) is 8.40. The van der Waals surface area contributed by atoms with Gasteiger partial charge in [-0.2, -0.15) is 0 Å². The average Bonchev–Trinajstić information content (AvgIpc) is 2.88. The van der Waals surface area contributed by atoms with E-state index >= 15 is 0 Å². The Hall–Kier alpha value is -2.21. The monoisotopic (exact) mass is 328 g/mol. The minimum absolute atomic E-state index is 0.0494. The summed E-state index contributed by atoms with van der Waals surface area (Å²) in [4.78, 5) is 18.9. The molecule has 2 aromatic rings. The molecule has 0 aliphatic carbocycles. The van der Waals surface area contributed by atoms with E-state index in [2.05, 4.69) is 20.4 Å². The predicted octanol–water partition coefficient (Wildman–Crippen LogP) is 2.39. The molecule has 1 fully saturated rings. The van der Waals surface area contributed by atoms with Crippen molar-refractivity contribution in [2.24, 2.45) is 0 Å². The van der Waals surface area contributed by atoms with Gasteiger partial charge in [-0.05, 0) is 52.3 Å². The molecule has 1 saturated heterocycles. The van der Waals surface area contributed by atoms with Gasteiger partial charge in [-0.1, -0.05) is 5.16 Å². The first-order chi connectivity index (χ1) is 11.5. The van der Waals surface area contributed by atoms with E-state index in [1.54, 1.807) is 6.20 Å². The van der Waals surface area contributed by atoms with Crippen LogP contribution in [0.1, 0.15) is 45.9 Å². The quantitative estimate of drug-likeness (QED) is 0.933. The highest BCUT2D eigenvalue weighted by Gasteiger charge is 2.23. The Balaban J connectivity index is 1.59. The second-order valence-corrected chi connectivity index (χ2v) is 6.54. The summed E-state index contributed by atoms with van der Waals surface area (Å²) in [6.07, 6.45) is 3.71. The molecular weight excluding hydrogens is 304 g/mol. The number of aromatic nitrogens is 2. The smallest absolute Gasteiger partial charge is 0.253 e. The lowest BCUT2D eigenvalue weighted by atomic mass is 10.0. The van der Waals surface area contributed by atoms with Crippen molar-refractivity contribution in [3.8, 4) is 0 Å². The number of piperidine rings is 1. The Bertz CT molecular complexity index is 689. The van der Waals surface area contributed by atoms with Gasteiger partial charge >= 0.3 is 0 Å². The number of amides is 1. The fraction of sp³-hybridized carbons (Fsp3) is 0.500. The van der Waals surface area contributed by atoms with E-state index in [0.29, 0.717) is 5.56 Å². The third-order valence-electron chi connectivity index (χ3n) is 4.58. The zero-order valence-electron chi connectivity index (χ0n) is 14.5. The molecule has 3 rings (SSSR count). The number of nitrogens with zero attached hydrogens (tertiary/aromatic N) is 3. The molecule has 1 atom stereocenters. The maximum atomic E-state index is 12.4. The third kappa shape index (κ3) is 3.82. The fourth-order valence-corrected chi connectivity index (χ4v) is 3.14. The Morgan fingerprint density at radius 3 is 2.88 bits per heavy atom. The molecule has 24 heavy (non-hydrogen) atoms. The van der Waals surface area contributed by atoms with Crippen LogP contribution in [0.3, 0.4) is 0 Å². The summed E-state index contributed by atoms with van der Waals surface area (Å²) in [6, 6.07) is 3.84. The van der Waals surface area contributed by atoms with Gasteiger partial charge in [0.05, 0.1) is 11.3 Å². The van der Waals surface area contributed by atoms with Crippen LogP contribution in [-0.2, 0) is 6.54 Å². The number of pyridine rings is 1.